The fourth-order valence-corrected chi connectivity index (χ4v) is 3.81. The van der Waals surface area contributed by atoms with Gasteiger partial charge >= 0.3 is 5.97 Å². The molecule has 2 unspecified atom stereocenters. The maximum Gasteiger partial charge on any atom is 0.338 e. The lowest BCUT2D eigenvalue weighted by Gasteiger charge is -2.19. The van der Waals surface area contributed by atoms with Crippen molar-refractivity contribution in [2.75, 3.05) is 11.4 Å². The number of hydrogen-bond donors (Lipinski definition) is 1. The Bertz CT molecular complexity index is 962. The van der Waals surface area contributed by atoms with E-state index >= 15 is 0 Å². The monoisotopic (exact) mass is 448 g/mol. The summed E-state index contributed by atoms with van der Waals surface area (Å²) in [4.78, 5) is 38.3. The number of ether oxygens (including phenoxy) is 1. The van der Waals surface area contributed by atoms with E-state index in [0.717, 1.165) is 12.1 Å². The van der Waals surface area contributed by atoms with Crippen molar-refractivity contribution in [2.24, 2.45) is 0 Å². The lowest BCUT2D eigenvalue weighted by Crippen LogP contribution is -2.37. The fourth-order valence-electron chi connectivity index (χ4n) is 3.24. The van der Waals surface area contributed by atoms with Gasteiger partial charge in [-0.05, 0) is 62.2 Å². The number of anilines is 1. The van der Waals surface area contributed by atoms with E-state index in [0.29, 0.717) is 34.1 Å². The quantitative estimate of drug-likeness (QED) is 0.657. The van der Waals surface area contributed by atoms with Crippen molar-refractivity contribution in [3.05, 3.63) is 63.6 Å². The van der Waals surface area contributed by atoms with Crippen molar-refractivity contribution in [2.45, 2.75) is 38.8 Å². The van der Waals surface area contributed by atoms with E-state index in [2.05, 4.69) is 5.32 Å². The van der Waals surface area contributed by atoms with Gasteiger partial charge in [-0.3, -0.25) is 9.59 Å². The molecule has 2 aromatic rings. The fraction of sp³-hybridized carbons (Fsp3) is 0.318. The molecule has 2 amide bonds. The second-order valence-corrected chi connectivity index (χ2v) is 7.98. The topological polar surface area (TPSA) is 75.7 Å². The van der Waals surface area contributed by atoms with Crippen LogP contribution in [0.15, 0.2) is 42.5 Å². The van der Waals surface area contributed by atoms with E-state index in [1.165, 1.54) is 6.92 Å². The van der Waals surface area contributed by atoms with Crippen molar-refractivity contribution in [3.8, 4) is 0 Å². The Hall–Kier alpha value is -2.57. The standard InChI is InChI=1S/C22H22Cl2N2O4/c1-13(18-10-7-16(23)12-19(18)24)25-21(28)14(2)30-22(29)15-5-8-17(9-6-15)26-11-3-4-20(26)27/h5-10,12-14H,3-4,11H2,1-2H3,(H,25,28). The molecule has 1 N–H and O–H groups in total. The molecule has 1 saturated heterocycles. The van der Waals surface area contributed by atoms with Crippen molar-refractivity contribution in [1.82, 2.24) is 5.32 Å². The number of rotatable bonds is 6. The molecule has 2 aromatic carbocycles. The number of benzene rings is 2. The van der Waals surface area contributed by atoms with Gasteiger partial charge in [-0.15, -0.1) is 0 Å². The zero-order valence-corrected chi connectivity index (χ0v) is 18.2. The molecule has 2 atom stereocenters. The number of nitrogens with one attached hydrogen (secondary N) is 1. The highest BCUT2D eigenvalue weighted by Gasteiger charge is 2.24. The summed E-state index contributed by atoms with van der Waals surface area (Å²) in [6.45, 7) is 3.95. The Labute approximate surface area is 185 Å². The van der Waals surface area contributed by atoms with Crippen LogP contribution in [0.25, 0.3) is 0 Å². The van der Waals surface area contributed by atoms with Gasteiger partial charge < -0.3 is 15.0 Å². The lowest BCUT2D eigenvalue weighted by molar-refractivity contribution is -0.129. The minimum absolute atomic E-state index is 0.0746. The van der Waals surface area contributed by atoms with Crippen molar-refractivity contribution in [1.29, 1.82) is 0 Å². The predicted molar refractivity (Wildman–Crippen MR) is 116 cm³/mol. The number of esters is 1. The van der Waals surface area contributed by atoms with Gasteiger partial charge in [0, 0.05) is 28.7 Å². The summed E-state index contributed by atoms with van der Waals surface area (Å²) in [5.74, 6) is -0.985. The summed E-state index contributed by atoms with van der Waals surface area (Å²) >= 11 is 12.1. The number of carbonyl (C=O) groups is 3. The Balaban J connectivity index is 1.58. The highest BCUT2D eigenvalue weighted by molar-refractivity contribution is 6.35. The van der Waals surface area contributed by atoms with Crippen LogP contribution in [0.1, 0.15) is 48.7 Å². The van der Waals surface area contributed by atoms with Crippen LogP contribution >= 0.6 is 23.2 Å². The highest BCUT2D eigenvalue weighted by Crippen LogP contribution is 2.26. The predicted octanol–water partition coefficient (Wildman–Crippen LogP) is 4.54. The molecule has 1 aliphatic rings. The van der Waals surface area contributed by atoms with Gasteiger partial charge in [0.1, 0.15) is 0 Å². The molecule has 1 aliphatic heterocycles. The molecule has 0 radical (unpaired) electrons. The normalized spacial score (nSPS) is 15.6. The molecule has 1 heterocycles. The van der Waals surface area contributed by atoms with Gasteiger partial charge in [0.2, 0.25) is 5.91 Å². The van der Waals surface area contributed by atoms with Crippen molar-refractivity contribution >= 4 is 46.7 Å². The molecule has 0 aromatic heterocycles. The van der Waals surface area contributed by atoms with Crippen LogP contribution in [0, 0.1) is 0 Å². The third-order valence-corrected chi connectivity index (χ3v) is 5.49. The molecule has 0 spiro atoms. The highest BCUT2D eigenvalue weighted by atomic mass is 35.5. The van der Waals surface area contributed by atoms with E-state index in [4.69, 9.17) is 27.9 Å². The summed E-state index contributed by atoms with van der Waals surface area (Å²) < 4.78 is 5.29. The first-order valence-corrected chi connectivity index (χ1v) is 10.4. The Morgan fingerprint density at radius 1 is 1.10 bits per heavy atom. The summed E-state index contributed by atoms with van der Waals surface area (Å²) in [5, 5.41) is 3.72. The zero-order valence-electron chi connectivity index (χ0n) is 16.7. The summed E-state index contributed by atoms with van der Waals surface area (Å²) in [7, 11) is 0. The van der Waals surface area contributed by atoms with Crippen LogP contribution in [0.3, 0.4) is 0 Å². The van der Waals surface area contributed by atoms with Gasteiger partial charge in [0.05, 0.1) is 11.6 Å². The van der Waals surface area contributed by atoms with Gasteiger partial charge in [-0.25, -0.2) is 4.79 Å². The molecule has 6 nitrogen and oxygen atoms in total. The Kier molecular flexibility index (Phi) is 7.00. The van der Waals surface area contributed by atoms with E-state index in [1.54, 1.807) is 54.3 Å². The lowest BCUT2D eigenvalue weighted by atomic mass is 10.1. The third-order valence-electron chi connectivity index (χ3n) is 4.93. The van der Waals surface area contributed by atoms with Crippen molar-refractivity contribution < 1.29 is 19.1 Å². The van der Waals surface area contributed by atoms with Crippen LogP contribution in [0.2, 0.25) is 10.0 Å². The zero-order chi connectivity index (χ0) is 21.8. The van der Waals surface area contributed by atoms with E-state index in [1.807, 2.05) is 0 Å². The largest absolute Gasteiger partial charge is 0.449 e. The van der Waals surface area contributed by atoms with E-state index in [-0.39, 0.29) is 11.9 Å². The number of amides is 2. The smallest absolute Gasteiger partial charge is 0.338 e. The second-order valence-electron chi connectivity index (χ2n) is 7.14. The van der Waals surface area contributed by atoms with E-state index < -0.39 is 18.0 Å². The molecule has 0 bridgehead atoms. The first-order chi connectivity index (χ1) is 14.3. The minimum atomic E-state index is -0.995. The Morgan fingerprint density at radius 3 is 2.40 bits per heavy atom. The Morgan fingerprint density at radius 2 is 1.80 bits per heavy atom. The SMILES string of the molecule is CC(OC(=O)c1ccc(N2CCCC2=O)cc1)C(=O)NC(C)c1ccc(Cl)cc1Cl. The van der Waals surface area contributed by atoms with Crippen LogP contribution in [0.5, 0.6) is 0 Å². The molecule has 158 valence electrons. The van der Waals surface area contributed by atoms with Crippen molar-refractivity contribution in [3.63, 3.8) is 0 Å². The number of hydrogen-bond acceptors (Lipinski definition) is 4. The molecule has 8 heteroatoms. The molecule has 3 rings (SSSR count). The first-order valence-electron chi connectivity index (χ1n) is 9.63. The van der Waals surface area contributed by atoms with Crippen LogP contribution in [0.4, 0.5) is 5.69 Å². The molecule has 30 heavy (non-hydrogen) atoms. The summed E-state index contributed by atoms with van der Waals surface area (Å²) in [6, 6.07) is 11.2. The minimum Gasteiger partial charge on any atom is -0.449 e. The van der Waals surface area contributed by atoms with Gasteiger partial charge in [-0.1, -0.05) is 29.3 Å². The van der Waals surface area contributed by atoms with E-state index in [9.17, 15) is 14.4 Å². The first kappa shape index (κ1) is 22.1. The van der Waals surface area contributed by atoms with Gasteiger partial charge in [0.15, 0.2) is 6.10 Å². The third kappa shape index (κ3) is 5.12. The van der Waals surface area contributed by atoms with Crippen LogP contribution in [-0.4, -0.2) is 30.4 Å². The molecule has 0 aliphatic carbocycles. The average molecular weight is 449 g/mol. The molecule has 1 fully saturated rings. The average Bonchev–Trinajstić information content (AvgIpc) is 3.13. The number of halogens is 2. The van der Waals surface area contributed by atoms with Crippen LogP contribution < -0.4 is 10.2 Å². The molecular weight excluding hydrogens is 427 g/mol. The summed E-state index contributed by atoms with van der Waals surface area (Å²) in [6.07, 6.45) is 0.371. The maximum absolute atomic E-state index is 12.4. The second kappa shape index (κ2) is 9.49. The van der Waals surface area contributed by atoms with Gasteiger partial charge in [-0.2, -0.15) is 0 Å². The molecular formula is C22H22Cl2N2O4. The number of carbonyl (C=O) groups excluding carboxylic acids is 3. The van der Waals surface area contributed by atoms with Crippen LogP contribution in [-0.2, 0) is 14.3 Å². The number of nitrogens with zero attached hydrogens (tertiary/aromatic N) is 1. The summed E-state index contributed by atoms with van der Waals surface area (Å²) in [5.41, 5.74) is 1.76. The van der Waals surface area contributed by atoms with Gasteiger partial charge in [0.25, 0.3) is 5.91 Å². The molecule has 0 saturated carbocycles. The maximum atomic E-state index is 12.4.